The van der Waals surface area contributed by atoms with Crippen molar-refractivity contribution >= 4 is 17.2 Å². The standard InChI is InChI=1S/C15H12FNO2S/c16-14-8-11(2-1-6-18)3-4-13(14)15(19)17-9-12-5-7-20-10-12/h3-5,7-8,10,18H,6,9H2,(H,17,19). The molecule has 1 amide bonds. The van der Waals surface area contributed by atoms with Crippen molar-refractivity contribution in [2.24, 2.45) is 0 Å². The van der Waals surface area contributed by atoms with E-state index in [0.717, 1.165) is 5.56 Å². The van der Waals surface area contributed by atoms with E-state index in [-0.39, 0.29) is 12.2 Å². The van der Waals surface area contributed by atoms with Crippen LogP contribution in [-0.4, -0.2) is 17.6 Å². The van der Waals surface area contributed by atoms with E-state index in [1.807, 2.05) is 16.8 Å². The highest BCUT2D eigenvalue weighted by Crippen LogP contribution is 2.11. The molecular weight excluding hydrogens is 277 g/mol. The number of hydrogen-bond donors (Lipinski definition) is 2. The average Bonchev–Trinajstić information content (AvgIpc) is 2.96. The number of aliphatic hydroxyl groups is 1. The zero-order chi connectivity index (χ0) is 14.4. The minimum Gasteiger partial charge on any atom is -0.384 e. The van der Waals surface area contributed by atoms with Crippen molar-refractivity contribution in [1.29, 1.82) is 0 Å². The molecule has 0 saturated carbocycles. The topological polar surface area (TPSA) is 49.3 Å². The molecule has 2 aromatic rings. The first-order valence-electron chi connectivity index (χ1n) is 5.89. The SMILES string of the molecule is O=C(NCc1ccsc1)c1ccc(C#CCO)cc1F. The molecule has 1 heterocycles. The fourth-order valence-electron chi connectivity index (χ4n) is 1.59. The summed E-state index contributed by atoms with van der Waals surface area (Å²) < 4.78 is 13.8. The lowest BCUT2D eigenvalue weighted by atomic mass is 10.1. The van der Waals surface area contributed by atoms with Crippen LogP contribution in [0.4, 0.5) is 4.39 Å². The van der Waals surface area contributed by atoms with Crippen LogP contribution in [0.5, 0.6) is 0 Å². The summed E-state index contributed by atoms with van der Waals surface area (Å²) in [5.41, 5.74) is 1.38. The number of carbonyl (C=O) groups is 1. The monoisotopic (exact) mass is 289 g/mol. The van der Waals surface area contributed by atoms with Gasteiger partial charge in [-0.3, -0.25) is 4.79 Å². The number of carbonyl (C=O) groups excluding carboxylic acids is 1. The van der Waals surface area contributed by atoms with Gasteiger partial charge in [0.15, 0.2) is 0 Å². The molecule has 0 atom stereocenters. The Morgan fingerprint density at radius 3 is 2.90 bits per heavy atom. The fraction of sp³-hybridized carbons (Fsp3) is 0.133. The summed E-state index contributed by atoms with van der Waals surface area (Å²) in [4.78, 5) is 11.9. The van der Waals surface area contributed by atoms with Crippen molar-refractivity contribution in [3.8, 4) is 11.8 Å². The van der Waals surface area contributed by atoms with E-state index in [9.17, 15) is 9.18 Å². The third-order valence-electron chi connectivity index (χ3n) is 2.56. The molecule has 0 unspecified atom stereocenters. The lowest BCUT2D eigenvalue weighted by molar-refractivity contribution is 0.0947. The predicted octanol–water partition coefficient (Wildman–Crippen LogP) is 2.16. The van der Waals surface area contributed by atoms with Gasteiger partial charge in [0, 0.05) is 12.1 Å². The Labute approximate surface area is 120 Å². The number of nitrogens with one attached hydrogen (secondary N) is 1. The van der Waals surface area contributed by atoms with E-state index in [4.69, 9.17) is 5.11 Å². The largest absolute Gasteiger partial charge is 0.384 e. The molecular formula is C15H12FNO2S. The first-order chi connectivity index (χ1) is 9.70. The average molecular weight is 289 g/mol. The number of thiophene rings is 1. The number of halogens is 1. The Morgan fingerprint density at radius 1 is 1.40 bits per heavy atom. The molecule has 5 heteroatoms. The van der Waals surface area contributed by atoms with Crippen molar-refractivity contribution in [3.05, 3.63) is 57.5 Å². The summed E-state index contributed by atoms with van der Waals surface area (Å²) in [7, 11) is 0. The van der Waals surface area contributed by atoms with Gasteiger partial charge in [-0.2, -0.15) is 11.3 Å². The lowest BCUT2D eigenvalue weighted by Gasteiger charge is -2.05. The molecule has 0 spiro atoms. The van der Waals surface area contributed by atoms with Crippen LogP contribution in [0.1, 0.15) is 21.5 Å². The van der Waals surface area contributed by atoms with Crippen LogP contribution >= 0.6 is 11.3 Å². The van der Waals surface area contributed by atoms with Gasteiger partial charge in [-0.05, 0) is 40.6 Å². The molecule has 0 bridgehead atoms. The van der Waals surface area contributed by atoms with Crippen LogP contribution in [0, 0.1) is 17.7 Å². The molecule has 2 rings (SSSR count). The fourth-order valence-corrected chi connectivity index (χ4v) is 2.26. The lowest BCUT2D eigenvalue weighted by Crippen LogP contribution is -2.23. The summed E-state index contributed by atoms with van der Waals surface area (Å²) in [6, 6.07) is 6.02. The zero-order valence-corrected chi connectivity index (χ0v) is 11.3. The Bertz CT molecular complexity index is 656. The van der Waals surface area contributed by atoms with Gasteiger partial charge < -0.3 is 10.4 Å². The smallest absolute Gasteiger partial charge is 0.254 e. The number of benzene rings is 1. The van der Waals surface area contributed by atoms with Crippen LogP contribution in [0.3, 0.4) is 0 Å². The van der Waals surface area contributed by atoms with Gasteiger partial charge >= 0.3 is 0 Å². The normalized spacial score (nSPS) is 9.70. The van der Waals surface area contributed by atoms with E-state index in [1.54, 1.807) is 6.07 Å². The van der Waals surface area contributed by atoms with E-state index >= 15 is 0 Å². The van der Waals surface area contributed by atoms with Crippen LogP contribution < -0.4 is 5.32 Å². The van der Waals surface area contributed by atoms with Gasteiger partial charge in [0.05, 0.1) is 5.56 Å². The van der Waals surface area contributed by atoms with Crippen LogP contribution in [0.2, 0.25) is 0 Å². The second-order valence-electron chi connectivity index (χ2n) is 3.97. The molecule has 0 aliphatic carbocycles. The van der Waals surface area contributed by atoms with Gasteiger partial charge in [0.1, 0.15) is 12.4 Å². The second-order valence-corrected chi connectivity index (χ2v) is 4.75. The molecule has 0 aliphatic rings. The minimum atomic E-state index is -0.627. The third-order valence-corrected chi connectivity index (χ3v) is 3.29. The first kappa shape index (κ1) is 14.3. The van der Waals surface area contributed by atoms with Crippen molar-refractivity contribution in [2.75, 3.05) is 6.61 Å². The molecule has 102 valence electrons. The first-order valence-corrected chi connectivity index (χ1v) is 6.83. The minimum absolute atomic E-state index is 0.0187. The number of rotatable bonds is 3. The third kappa shape index (κ3) is 3.67. The van der Waals surface area contributed by atoms with Crippen molar-refractivity contribution in [3.63, 3.8) is 0 Å². The Morgan fingerprint density at radius 2 is 2.25 bits per heavy atom. The summed E-state index contributed by atoms with van der Waals surface area (Å²) in [5, 5.41) is 15.1. The van der Waals surface area contributed by atoms with E-state index in [1.165, 1.54) is 23.5 Å². The predicted molar refractivity (Wildman–Crippen MR) is 75.9 cm³/mol. The maximum Gasteiger partial charge on any atom is 0.254 e. The van der Waals surface area contributed by atoms with Crippen LogP contribution in [0.25, 0.3) is 0 Å². The summed E-state index contributed by atoms with van der Waals surface area (Å²) in [6.45, 7) is 0.0817. The van der Waals surface area contributed by atoms with E-state index in [0.29, 0.717) is 12.1 Å². The molecule has 0 saturated heterocycles. The van der Waals surface area contributed by atoms with Gasteiger partial charge in [0.2, 0.25) is 0 Å². The molecule has 0 fully saturated rings. The molecule has 3 nitrogen and oxygen atoms in total. The molecule has 2 N–H and O–H groups in total. The highest BCUT2D eigenvalue weighted by atomic mass is 32.1. The Kier molecular flexibility index (Phi) is 4.88. The summed E-state index contributed by atoms with van der Waals surface area (Å²) in [6.07, 6.45) is 0. The number of aliphatic hydroxyl groups excluding tert-OH is 1. The highest BCUT2D eigenvalue weighted by molar-refractivity contribution is 7.07. The van der Waals surface area contributed by atoms with Gasteiger partial charge in [0.25, 0.3) is 5.91 Å². The number of amides is 1. The van der Waals surface area contributed by atoms with Crippen molar-refractivity contribution in [2.45, 2.75) is 6.54 Å². The molecule has 0 radical (unpaired) electrons. The molecule has 0 aliphatic heterocycles. The second kappa shape index (κ2) is 6.85. The van der Waals surface area contributed by atoms with Gasteiger partial charge in [-0.1, -0.05) is 11.8 Å². The van der Waals surface area contributed by atoms with Gasteiger partial charge in [-0.15, -0.1) is 0 Å². The van der Waals surface area contributed by atoms with Gasteiger partial charge in [-0.25, -0.2) is 4.39 Å². The van der Waals surface area contributed by atoms with Crippen LogP contribution in [0.15, 0.2) is 35.0 Å². The van der Waals surface area contributed by atoms with Crippen molar-refractivity contribution < 1.29 is 14.3 Å². The van der Waals surface area contributed by atoms with E-state index in [2.05, 4.69) is 17.2 Å². The zero-order valence-electron chi connectivity index (χ0n) is 10.5. The Balaban J connectivity index is 2.06. The highest BCUT2D eigenvalue weighted by Gasteiger charge is 2.11. The maximum atomic E-state index is 13.8. The molecule has 20 heavy (non-hydrogen) atoms. The molecule has 1 aromatic carbocycles. The quantitative estimate of drug-likeness (QED) is 0.851. The van der Waals surface area contributed by atoms with E-state index < -0.39 is 11.7 Å². The maximum absolute atomic E-state index is 13.8. The Hall–Kier alpha value is -2.16. The van der Waals surface area contributed by atoms with Crippen LogP contribution in [-0.2, 0) is 6.54 Å². The summed E-state index contributed by atoms with van der Waals surface area (Å²) in [5.74, 6) is 3.92. The van der Waals surface area contributed by atoms with Crippen molar-refractivity contribution in [1.82, 2.24) is 5.32 Å². The summed E-state index contributed by atoms with van der Waals surface area (Å²) >= 11 is 1.54. The molecule has 1 aromatic heterocycles. The number of hydrogen-bond acceptors (Lipinski definition) is 3.